The maximum Gasteiger partial charge on any atom is 0 e. The molecule has 0 spiro atoms. The van der Waals surface area contributed by atoms with E-state index in [-0.39, 0.29) is 24.3 Å². The van der Waals surface area contributed by atoms with Crippen LogP contribution in [0.15, 0.2) is 0 Å². The molecule has 0 saturated carbocycles. The molecule has 0 fully saturated rings. The van der Waals surface area contributed by atoms with Gasteiger partial charge < -0.3 is 5.48 Å². The third-order valence-electron chi connectivity index (χ3n) is 2.55. The standard InChI is InChI=1S/3C4H6O4S.Li.H2O.Sb/c3*5-3(6)1-2(9)4(7)8;;;/h3*2,9H,1H2,(H,5,6)(H,7,8);;1H2;/q;;;;;+3/p-3. The Morgan fingerprint density at radius 3 is 0.900 bits per heavy atom. The number of rotatable bonds is 15. The van der Waals surface area contributed by atoms with E-state index in [4.69, 9.17) is 30.6 Å². The molecule has 0 amide bonds. The van der Waals surface area contributed by atoms with E-state index in [1.807, 2.05) is 0 Å². The maximum absolute atomic E-state index is 11.3. The Morgan fingerprint density at radius 2 is 0.767 bits per heavy atom. The summed E-state index contributed by atoms with van der Waals surface area (Å²) in [6.45, 7) is 0. The fourth-order valence-corrected chi connectivity index (χ4v) is 29.5. The van der Waals surface area contributed by atoms with Gasteiger partial charge in [-0.05, 0) is 0 Å². The van der Waals surface area contributed by atoms with E-state index in [2.05, 4.69) is 0 Å². The summed E-state index contributed by atoms with van der Waals surface area (Å²) in [5, 5.41) is 49.3. The van der Waals surface area contributed by atoms with Crippen LogP contribution < -0.4 is 0 Å². The molecule has 8 N–H and O–H groups in total. The smallest absolute Gasteiger partial charge is 0 e. The molecule has 0 rings (SSSR count). The molecule has 0 aromatic rings. The average molecular weight is 594 g/mol. The Kier molecular flexibility index (Phi) is 19.1. The SMILES string of the molecule is O.O=C(O)CC([S][Sb]([S]C(CC(=O)O)C(=O)O)[S]C(CC(=O)O)C(=O)O)C(=O)O.[Li]. The minimum Gasteiger partial charge on any atom is 0 e. The van der Waals surface area contributed by atoms with Gasteiger partial charge in [-0.25, -0.2) is 0 Å². The molecule has 167 valence electrons. The summed E-state index contributed by atoms with van der Waals surface area (Å²) in [6, 6.07) is 0. The molecule has 0 bridgehead atoms. The van der Waals surface area contributed by atoms with Crippen LogP contribution in [0.3, 0.4) is 0 Å². The van der Waals surface area contributed by atoms with Crippen molar-refractivity contribution in [2.24, 2.45) is 0 Å². The van der Waals surface area contributed by atoms with Gasteiger partial charge in [-0.15, -0.1) is 0 Å². The molecule has 0 saturated heterocycles. The molecule has 30 heavy (non-hydrogen) atoms. The van der Waals surface area contributed by atoms with E-state index in [0.717, 1.165) is 0 Å². The molecule has 0 aromatic heterocycles. The van der Waals surface area contributed by atoms with Gasteiger partial charge >= 0.3 is 173 Å². The molecular weight excluding hydrogens is 577 g/mol. The predicted octanol–water partition coefficient (Wildman–Crippen LogP) is -1.25. The summed E-state index contributed by atoms with van der Waals surface area (Å²) in [5.74, 6) is -8.89. The van der Waals surface area contributed by atoms with Crippen LogP contribution in [0.4, 0.5) is 0 Å². The fourth-order valence-electron chi connectivity index (χ4n) is 1.37. The summed E-state index contributed by atoms with van der Waals surface area (Å²) in [4.78, 5) is 66.3. The summed E-state index contributed by atoms with van der Waals surface area (Å²) in [6.07, 6.45) is -2.47. The minimum absolute atomic E-state index is 0. The molecular formula is C12H17LiO13S3Sb. The molecule has 3 unspecified atom stereocenters. The number of carboxylic acid groups (broad SMARTS) is 6. The van der Waals surface area contributed by atoms with Crippen LogP contribution >= 0.6 is 26.5 Å². The summed E-state index contributed by atoms with van der Waals surface area (Å²) < 4.78 is 0. The molecule has 0 heterocycles. The first-order valence-electron chi connectivity index (χ1n) is 6.97. The molecule has 0 aliphatic rings. The number of hydrogen-bond donors (Lipinski definition) is 6. The molecule has 13 nitrogen and oxygen atoms in total. The zero-order valence-electron chi connectivity index (χ0n) is 15.2. The van der Waals surface area contributed by atoms with Gasteiger partial charge in [-0.2, -0.15) is 0 Å². The van der Waals surface area contributed by atoms with Gasteiger partial charge in [-0.3, -0.25) is 0 Å². The largest absolute Gasteiger partial charge is 0 e. The van der Waals surface area contributed by atoms with Gasteiger partial charge in [0.1, 0.15) is 0 Å². The predicted molar refractivity (Wildman–Crippen MR) is 109 cm³/mol. The zero-order chi connectivity index (χ0) is 22.0. The van der Waals surface area contributed by atoms with Crippen molar-refractivity contribution in [1.82, 2.24) is 0 Å². The monoisotopic (exact) mass is 593 g/mol. The van der Waals surface area contributed by atoms with Gasteiger partial charge in [0.05, 0.1) is 0 Å². The zero-order valence-corrected chi connectivity index (χ0v) is 20.2. The van der Waals surface area contributed by atoms with Crippen molar-refractivity contribution in [2.75, 3.05) is 0 Å². The molecule has 0 aromatic carbocycles. The van der Waals surface area contributed by atoms with Crippen molar-refractivity contribution < 1.29 is 64.9 Å². The van der Waals surface area contributed by atoms with Crippen LogP contribution in [-0.2, 0) is 28.8 Å². The number of hydrogen-bond acceptors (Lipinski definition) is 9. The first kappa shape index (κ1) is 33.9. The second kappa shape index (κ2) is 16.9. The van der Waals surface area contributed by atoms with E-state index in [0.29, 0.717) is 26.5 Å². The van der Waals surface area contributed by atoms with Crippen LogP contribution in [0.5, 0.6) is 0 Å². The van der Waals surface area contributed by atoms with Crippen molar-refractivity contribution in [3.63, 3.8) is 0 Å². The van der Waals surface area contributed by atoms with Gasteiger partial charge in [-0.1, -0.05) is 0 Å². The molecule has 1 radical (unpaired) electrons. The van der Waals surface area contributed by atoms with Crippen molar-refractivity contribution in [1.29, 1.82) is 0 Å². The molecule has 0 aliphatic carbocycles. The third kappa shape index (κ3) is 15.1. The molecule has 0 aliphatic heterocycles. The van der Waals surface area contributed by atoms with Gasteiger partial charge in [0.2, 0.25) is 0 Å². The summed E-state index contributed by atoms with van der Waals surface area (Å²) >= 11 is -3.47. The minimum atomic E-state index is -3.47. The first-order chi connectivity index (χ1) is 12.8. The normalized spacial score (nSPS) is 13.1. The first-order valence-corrected chi connectivity index (χ1v) is 18.9. The van der Waals surface area contributed by atoms with Crippen molar-refractivity contribution >= 4 is 97.2 Å². The quantitative estimate of drug-likeness (QED) is 0.121. The van der Waals surface area contributed by atoms with Crippen molar-refractivity contribution in [2.45, 2.75) is 35.0 Å². The van der Waals surface area contributed by atoms with Crippen LogP contribution in [0.25, 0.3) is 0 Å². The maximum atomic E-state index is 11.3. The molecule has 3 atom stereocenters. The number of carbonyl (C=O) groups is 6. The van der Waals surface area contributed by atoms with Crippen LogP contribution in [0.1, 0.15) is 19.3 Å². The van der Waals surface area contributed by atoms with Gasteiger partial charge in [0.15, 0.2) is 0 Å². The second-order valence-electron chi connectivity index (χ2n) is 4.81. The van der Waals surface area contributed by atoms with Crippen molar-refractivity contribution in [3.8, 4) is 0 Å². The van der Waals surface area contributed by atoms with E-state index < -0.39 is 86.8 Å². The Morgan fingerprint density at radius 1 is 0.567 bits per heavy atom. The van der Waals surface area contributed by atoms with Gasteiger partial charge in [0.25, 0.3) is 0 Å². The van der Waals surface area contributed by atoms with Crippen LogP contribution in [-0.4, -0.2) is 123 Å². The summed E-state index contributed by atoms with van der Waals surface area (Å²) in [7, 11) is 1.76. The summed E-state index contributed by atoms with van der Waals surface area (Å²) in [5.41, 5.74) is 0. The van der Waals surface area contributed by atoms with E-state index in [1.54, 1.807) is 0 Å². The number of aliphatic carboxylic acids is 6. The topological polar surface area (TPSA) is 255 Å². The Hall–Kier alpha value is -0.754. The van der Waals surface area contributed by atoms with Gasteiger partial charge in [0, 0.05) is 18.9 Å². The number of carboxylic acids is 6. The van der Waals surface area contributed by atoms with E-state index in [9.17, 15) is 28.8 Å². The van der Waals surface area contributed by atoms with Crippen LogP contribution in [0, 0.1) is 0 Å². The fraction of sp³-hybridized carbons (Fsp3) is 0.500. The average Bonchev–Trinajstić information content (AvgIpc) is 2.50. The molecule has 18 heteroatoms. The van der Waals surface area contributed by atoms with Crippen LogP contribution in [0.2, 0.25) is 0 Å². The van der Waals surface area contributed by atoms with E-state index >= 15 is 0 Å². The second-order valence-corrected chi connectivity index (χ2v) is 25.8. The Labute approximate surface area is 196 Å². The van der Waals surface area contributed by atoms with E-state index in [1.165, 1.54) is 0 Å². The Balaban J connectivity index is -0.00000364. The Bertz CT molecular complexity index is 563. The van der Waals surface area contributed by atoms with Crippen molar-refractivity contribution in [3.05, 3.63) is 0 Å². The third-order valence-corrected chi connectivity index (χ3v) is 26.3.